The van der Waals surface area contributed by atoms with Crippen LogP contribution in [0, 0.1) is 19.8 Å². The van der Waals surface area contributed by atoms with Crippen LogP contribution in [0.25, 0.3) is 16.6 Å². The first-order chi connectivity index (χ1) is 14.0. The third-order valence-electron chi connectivity index (χ3n) is 5.64. The topological polar surface area (TPSA) is 64.0 Å². The van der Waals surface area contributed by atoms with Crippen LogP contribution in [0.5, 0.6) is 0 Å². The number of hydrogen-bond donors (Lipinski definition) is 1. The van der Waals surface area contributed by atoms with Crippen molar-refractivity contribution >= 4 is 28.6 Å². The molecule has 0 bridgehead atoms. The quantitative estimate of drug-likeness (QED) is 0.495. The third kappa shape index (κ3) is 4.22. The van der Waals surface area contributed by atoms with Crippen molar-refractivity contribution in [3.8, 4) is 5.69 Å². The van der Waals surface area contributed by atoms with Gasteiger partial charge < -0.3 is 5.32 Å². The maximum atomic E-state index is 13.3. The van der Waals surface area contributed by atoms with Gasteiger partial charge in [-0.25, -0.2) is 4.98 Å². The highest BCUT2D eigenvalue weighted by Gasteiger charge is 2.19. The molecule has 1 aliphatic carbocycles. The van der Waals surface area contributed by atoms with E-state index in [1.54, 1.807) is 10.6 Å². The summed E-state index contributed by atoms with van der Waals surface area (Å²) in [5.41, 5.74) is 3.58. The van der Waals surface area contributed by atoms with Crippen LogP contribution in [0.1, 0.15) is 30.4 Å². The molecule has 0 unspecified atom stereocenters. The molecule has 1 aromatic heterocycles. The van der Waals surface area contributed by atoms with Gasteiger partial charge in [-0.05, 0) is 68.0 Å². The highest BCUT2D eigenvalue weighted by atomic mass is 32.2. The van der Waals surface area contributed by atoms with Gasteiger partial charge in [0.05, 0.1) is 22.3 Å². The van der Waals surface area contributed by atoms with E-state index >= 15 is 0 Å². The second-order valence-corrected chi connectivity index (χ2v) is 8.65. The fraction of sp³-hybridized carbons (Fsp3) is 0.348. The van der Waals surface area contributed by atoms with Gasteiger partial charge in [0.25, 0.3) is 5.56 Å². The Labute approximate surface area is 174 Å². The Morgan fingerprint density at radius 2 is 1.97 bits per heavy atom. The van der Waals surface area contributed by atoms with Gasteiger partial charge in [0.15, 0.2) is 5.16 Å². The van der Waals surface area contributed by atoms with Gasteiger partial charge in [-0.1, -0.05) is 36.4 Å². The van der Waals surface area contributed by atoms with Crippen molar-refractivity contribution in [3.05, 3.63) is 63.9 Å². The van der Waals surface area contributed by atoms with Crippen molar-refractivity contribution in [2.24, 2.45) is 5.92 Å². The standard InChI is InChI=1S/C23H25N3O2S/c1-15-10-11-18(12-16(15)2)26-22(28)19-8-3-4-9-20(19)25-23(26)29-14-21(27)24-13-17-6-5-7-17/h3-4,8-12,17H,5-7,13-14H2,1-2H3,(H,24,27). The van der Waals surface area contributed by atoms with E-state index in [9.17, 15) is 9.59 Å². The molecule has 1 heterocycles. The van der Waals surface area contributed by atoms with Gasteiger partial charge >= 0.3 is 0 Å². The lowest BCUT2D eigenvalue weighted by Gasteiger charge is -2.25. The van der Waals surface area contributed by atoms with Crippen molar-refractivity contribution in [2.75, 3.05) is 12.3 Å². The van der Waals surface area contributed by atoms with Crippen LogP contribution in [0.2, 0.25) is 0 Å². The van der Waals surface area contributed by atoms with E-state index in [-0.39, 0.29) is 17.2 Å². The molecule has 3 aromatic rings. The number of para-hydroxylation sites is 1. The van der Waals surface area contributed by atoms with Gasteiger partial charge in [-0.2, -0.15) is 0 Å². The van der Waals surface area contributed by atoms with Crippen LogP contribution in [0.4, 0.5) is 0 Å². The fourth-order valence-electron chi connectivity index (χ4n) is 3.44. The highest BCUT2D eigenvalue weighted by molar-refractivity contribution is 7.99. The van der Waals surface area contributed by atoms with Gasteiger partial charge in [-0.15, -0.1) is 0 Å². The summed E-state index contributed by atoms with van der Waals surface area (Å²) in [7, 11) is 0. The summed E-state index contributed by atoms with van der Waals surface area (Å²) >= 11 is 1.31. The molecule has 5 nitrogen and oxygen atoms in total. The molecule has 0 aliphatic heterocycles. The highest BCUT2D eigenvalue weighted by Crippen LogP contribution is 2.25. The van der Waals surface area contributed by atoms with Crippen LogP contribution >= 0.6 is 11.8 Å². The Balaban J connectivity index is 1.66. The Morgan fingerprint density at radius 1 is 1.17 bits per heavy atom. The second kappa shape index (κ2) is 8.41. The zero-order valence-electron chi connectivity index (χ0n) is 16.8. The first kappa shape index (κ1) is 19.7. The van der Waals surface area contributed by atoms with E-state index in [1.807, 2.05) is 50.2 Å². The normalized spacial score (nSPS) is 14.0. The molecule has 29 heavy (non-hydrogen) atoms. The summed E-state index contributed by atoms with van der Waals surface area (Å²) in [6.45, 7) is 4.82. The van der Waals surface area contributed by atoms with Crippen LogP contribution < -0.4 is 10.9 Å². The number of hydrogen-bond acceptors (Lipinski definition) is 4. The summed E-state index contributed by atoms with van der Waals surface area (Å²) in [6.07, 6.45) is 3.66. The predicted molar refractivity (Wildman–Crippen MR) is 118 cm³/mol. The maximum absolute atomic E-state index is 13.3. The van der Waals surface area contributed by atoms with Crippen molar-refractivity contribution < 1.29 is 4.79 Å². The van der Waals surface area contributed by atoms with Crippen LogP contribution in [-0.2, 0) is 4.79 Å². The monoisotopic (exact) mass is 407 g/mol. The van der Waals surface area contributed by atoms with Crippen molar-refractivity contribution in [2.45, 2.75) is 38.3 Å². The zero-order valence-corrected chi connectivity index (χ0v) is 17.6. The minimum absolute atomic E-state index is 0.0176. The van der Waals surface area contributed by atoms with E-state index in [2.05, 4.69) is 5.32 Å². The first-order valence-corrected chi connectivity index (χ1v) is 11.0. The molecule has 1 saturated carbocycles. The number of carbonyl (C=O) groups is 1. The number of carbonyl (C=O) groups excluding carboxylic acids is 1. The summed E-state index contributed by atoms with van der Waals surface area (Å²) in [5, 5.41) is 4.12. The molecule has 0 radical (unpaired) electrons. The molecule has 6 heteroatoms. The lowest BCUT2D eigenvalue weighted by atomic mass is 9.85. The number of nitrogens with one attached hydrogen (secondary N) is 1. The number of aromatic nitrogens is 2. The molecule has 150 valence electrons. The van der Waals surface area contributed by atoms with Crippen LogP contribution in [-0.4, -0.2) is 27.8 Å². The second-order valence-electron chi connectivity index (χ2n) is 7.71. The number of thioether (sulfide) groups is 1. The minimum atomic E-state index is -0.115. The summed E-state index contributed by atoms with van der Waals surface area (Å²) in [6, 6.07) is 13.3. The smallest absolute Gasteiger partial charge is 0.266 e. The first-order valence-electron chi connectivity index (χ1n) is 10.0. The number of rotatable bonds is 6. The molecule has 1 amide bonds. The zero-order chi connectivity index (χ0) is 20.4. The van der Waals surface area contributed by atoms with Crippen LogP contribution in [0.15, 0.2) is 52.4 Å². The maximum Gasteiger partial charge on any atom is 0.266 e. The molecule has 0 atom stereocenters. The van der Waals surface area contributed by atoms with Crippen molar-refractivity contribution in [1.82, 2.24) is 14.9 Å². The lowest BCUT2D eigenvalue weighted by molar-refractivity contribution is -0.118. The van der Waals surface area contributed by atoms with Gasteiger partial charge in [0.2, 0.25) is 5.91 Å². The van der Waals surface area contributed by atoms with Gasteiger partial charge in [0, 0.05) is 6.54 Å². The Kier molecular flexibility index (Phi) is 5.72. The number of aryl methyl sites for hydroxylation is 2. The van der Waals surface area contributed by atoms with E-state index in [4.69, 9.17) is 4.98 Å². The molecule has 0 saturated heterocycles. The average Bonchev–Trinajstić information content (AvgIpc) is 2.68. The molecule has 1 N–H and O–H groups in total. The van der Waals surface area contributed by atoms with E-state index in [0.717, 1.165) is 17.8 Å². The molecule has 1 fully saturated rings. The van der Waals surface area contributed by atoms with E-state index in [1.165, 1.54) is 36.6 Å². The number of fused-ring (bicyclic) bond motifs is 1. The van der Waals surface area contributed by atoms with Gasteiger partial charge in [0.1, 0.15) is 0 Å². The molecule has 4 rings (SSSR count). The fourth-order valence-corrected chi connectivity index (χ4v) is 4.28. The van der Waals surface area contributed by atoms with Crippen molar-refractivity contribution in [1.29, 1.82) is 0 Å². The van der Waals surface area contributed by atoms with E-state index < -0.39 is 0 Å². The molecule has 2 aromatic carbocycles. The Bertz CT molecular complexity index is 1120. The summed E-state index contributed by atoms with van der Waals surface area (Å²) in [4.78, 5) is 30.3. The molecular weight excluding hydrogens is 382 g/mol. The lowest BCUT2D eigenvalue weighted by Crippen LogP contribution is -2.33. The Morgan fingerprint density at radius 3 is 2.69 bits per heavy atom. The summed E-state index contributed by atoms with van der Waals surface area (Å²) in [5.74, 6) is 0.843. The molecular formula is C23H25N3O2S. The SMILES string of the molecule is Cc1ccc(-n2c(SCC(=O)NCC3CCC3)nc3ccccc3c2=O)cc1C. The minimum Gasteiger partial charge on any atom is -0.355 e. The average molecular weight is 408 g/mol. The largest absolute Gasteiger partial charge is 0.355 e. The van der Waals surface area contributed by atoms with Crippen molar-refractivity contribution in [3.63, 3.8) is 0 Å². The third-order valence-corrected chi connectivity index (χ3v) is 6.58. The van der Waals surface area contributed by atoms with Gasteiger partial charge in [-0.3, -0.25) is 14.2 Å². The summed E-state index contributed by atoms with van der Waals surface area (Å²) < 4.78 is 1.62. The predicted octanol–water partition coefficient (Wildman–Crippen LogP) is 4.01. The number of amides is 1. The number of benzene rings is 2. The number of nitrogens with zero attached hydrogens (tertiary/aromatic N) is 2. The molecule has 1 aliphatic rings. The Hall–Kier alpha value is -2.60. The molecule has 0 spiro atoms. The van der Waals surface area contributed by atoms with Crippen LogP contribution in [0.3, 0.4) is 0 Å². The van der Waals surface area contributed by atoms with E-state index in [0.29, 0.717) is 22.0 Å².